The number of anilines is 1. The normalized spacial score (nSPS) is 23.1. The van der Waals surface area contributed by atoms with Crippen LogP contribution in [-0.2, 0) is 0 Å². The Bertz CT molecular complexity index is 526. The summed E-state index contributed by atoms with van der Waals surface area (Å²) in [6.07, 6.45) is 3.35. The second-order valence-corrected chi connectivity index (χ2v) is 4.61. The predicted octanol–water partition coefficient (Wildman–Crippen LogP) is 1.53. The quantitative estimate of drug-likeness (QED) is 0.835. The van der Waals surface area contributed by atoms with Crippen LogP contribution < -0.4 is 11.1 Å². The van der Waals surface area contributed by atoms with E-state index in [1.54, 1.807) is 12.4 Å². The van der Waals surface area contributed by atoms with Crippen LogP contribution in [0.25, 0.3) is 0 Å². The number of nitrogen functional groups attached to an aromatic ring is 1. The molecule has 0 aliphatic carbocycles. The fraction of sp³-hybridized carbons (Fsp3) is 0.286. The van der Waals surface area contributed by atoms with Gasteiger partial charge in [-0.15, -0.1) is 0 Å². The smallest absolute Gasteiger partial charge is 0.145 e. The molecule has 2 aromatic rings. The van der Waals surface area contributed by atoms with Crippen molar-refractivity contribution in [2.75, 3.05) is 18.8 Å². The van der Waals surface area contributed by atoms with Crippen LogP contribution in [0.1, 0.15) is 23.1 Å². The summed E-state index contributed by atoms with van der Waals surface area (Å²) in [5.41, 5.74) is 8.18. The third-order valence-electron chi connectivity index (χ3n) is 3.55. The fourth-order valence-corrected chi connectivity index (χ4v) is 2.66. The molecule has 18 heavy (non-hydrogen) atoms. The number of nitrogens with two attached hydrogens (primary N) is 1. The Hall–Kier alpha value is -1.94. The lowest BCUT2D eigenvalue weighted by atomic mass is 9.86. The molecule has 2 atom stereocenters. The molecule has 0 spiro atoms. The van der Waals surface area contributed by atoms with Crippen molar-refractivity contribution in [3.05, 3.63) is 54.0 Å². The Morgan fingerprint density at radius 1 is 1.00 bits per heavy atom. The van der Waals surface area contributed by atoms with Gasteiger partial charge in [-0.1, -0.05) is 30.3 Å². The third kappa shape index (κ3) is 1.95. The van der Waals surface area contributed by atoms with Gasteiger partial charge in [0.15, 0.2) is 0 Å². The molecule has 0 radical (unpaired) electrons. The van der Waals surface area contributed by atoms with Crippen LogP contribution in [0.2, 0.25) is 0 Å². The monoisotopic (exact) mass is 240 g/mol. The van der Waals surface area contributed by atoms with Crippen LogP contribution in [0.15, 0.2) is 42.7 Å². The summed E-state index contributed by atoms with van der Waals surface area (Å²) in [4.78, 5) is 8.55. The Morgan fingerprint density at radius 3 is 2.50 bits per heavy atom. The van der Waals surface area contributed by atoms with Crippen LogP contribution in [0, 0.1) is 0 Å². The molecule has 1 aromatic heterocycles. The maximum atomic E-state index is 5.94. The molecule has 4 heteroatoms. The minimum Gasteiger partial charge on any atom is -0.382 e. The zero-order valence-electron chi connectivity index (χ0n) is 10.1. The summed E-state index contributed by atoms with van der Waals surface area (Å²) in [5, 5.41) is 3.42. The average Bonchev–Trinajstić information content (AvgIpc) is 2.89. The molecule has 4 nitrogen and oxygen atoms in total. The van der Waals surface area contributed by atoms with Gasteiger partial charge >= 0.3 is 0 Å². The summed E-state index contributed by atoms with van der Waals surface area (Å²) in [6.45, 7) is 1.87. The average molecular weight is 240 g/mol. The molecule has 92 valence electrons. The first kappa shape index (κ1) is 11.2. The molecule has 3 rings (SSSR count). The number of hydrogen-bond donors (Lipinski definition) is 2. The van der Waals surface area contributed by atoms with E-state index in [1.807, 2.05) is 6.07 Å². The van der Waals surface area contributed by atoms with Crippen molar-refractivity contribution >= 4 is 5.82 Å². The minimum atomic E-state index is 0.307. The van der Waals surface area contributed by atoms with E-state index in [9.17, 15) is 0 Å². The van der Waals surface area contributed by atoms with Gasteiger partial charge in [0, 0.05) is 37.3 Å². The zero-order valence-corrected chi connectivity index (χ0v) is 10.1. The van der Waals surface area contributed by atoms with Gasteiger partial charge in [-0.2, -0.15) is 0 Å². The number of aromatic nitrogens is 2. The van der Waals surface area contributed by atoms with Gasteiger partial charge in [0.25, 0.3) is 0 Å². The molecular formula is C14H16N4. The SMILES string of the molecule is Nc1nccnc1[C@H]1CNC[C@H]1c1ccccc1. The number of benzene rings is 1. The van der Waals surface area contributed by atoms with Gasteiger partial charge in [-0.05, 0) is 5.56 Å². The van der Waals surface area contributed by atoms with Gasteiger partial charge in [-0.25, -0.2) is 4.98 Å². The van der Waals surface area contributed by atoms with Crippen molar-refractivity contribution in [2.45, 2.75) is 11.8 Å². The van der Waals surface area contributed by atoms with Crippen molar-refractivity contribution in [3.63, 3.8) is 0 Å². The summed E-state index contributed by atoms with van der Waals surface area (Å²) in [5.74, 6) is 1.28. The van der Waals surface area contributed by atoms with Gasteiger partial charge in [0.2, 0.25) is 0 Å². The molecule has 2 heterocycles. The van der Waals surface area contributed by atoms with Crippen molar-refractivity contribution in [1.82, 2.24) is 15.3 Å². The van der Waals surface area contributed by atoms with Crippen LogP contribution in [0.3, 0.4) is 0 Å². The lowest BCUT2D eigenvalue weighted by molar-refractivity contribution is 0.647. The van der Waals surface area contributed by atoms with E-state index in [0.29, 0.717) is 17.7 Å². The molecule has 1 aromatic carbocycles. The van der Waals surface area contributed by atoms with E-state index in [2.05, 4.69) is 39.6 Å². The molecule has 1 aliphatic heterocycles. The molecule has 3 N–H and O–H groups in total. The van der Waals surface area contributed by atoms with Gasteiger partial charge < -0.3 is 11.1 Å². The summed E-state index contributed by atoms with van der Waals surface area (Å²) >= 11 is 0. The zero-order chi connectivity index (χ0) is 12.4. The Balaban J connectivity index is 1.95. The minimum absolute atomic E-state index is 0.307. The van der Waals surface area contributed by atoms with E-state index in [1.165, 1.54) is 5.56 Å². The third-order valence-corrected chi connectivity index (χ3v) is 3.55. The first-order valence-electron chi connectivity index (χ1n) is 6.18. The van der Waals surface area contributed by atoms with Crippen molar-refractivity contribution in [1.29, 1.82) is 0 Å². The molecule has 0 saturated carbocycles. The Labute approximate surface area is 106 Å². The molecule has 0 amide bonds. The lowest BCUT2D eigenvalue weighted by Crippen LogP contribution is -2.13. The van der Waals surface area contributed by atoms with Gasteiger partial charge in [0.05, 0.1) is 5.69 Å². The van der Waals surface area contributed by atoms with Crippen molar-refractivity contribution in [2.24, 2.45) is 0 Å². The van der Waals surface area contributed by atoms with E-state index in [0.717, 1.165) is 18.8 Å². The topological polar surface area (TPSA) is 63.8 Å². The first-order chi connectivity index (χ1) is 8.86. The highest BCUT2D eigenvalue weighted by Crippen LogP contribution is 2.36. The Kier molecular flexibility index (Phi) is 2.94. The summed E-state index contributed by atoms with van der Waals surface area (Å²) < 4.78 is 0. The molecule has 1 aliphatic rings. The van der Waals surface area contributed by atoms with E-state index >= 15 is 0 Å². The number of nitrogens with one attached hydrogen (secondary N) is 1. The highest BCUT2D eigenvalue weighted by Gasteiger charge is 2.32. The maximum Gasteiger partial charge on any atom is 0.145 e. The van der Waals surface area contributed by atoms with E-state index in [4.69, 9.17) is 5.73 Å². The van der Waals surface area contributed by atoms with Crippen LogP contribution in [0.4, 0.5) is 5.82 Å². The maximum absolute atomic E-state index is 5.94. The fourth-order valence-electron chi connectivity index (χ4n) is 2.66. The van der Waals surface area contributed by atoms with Crippen LogP contribution in [0.5, 0.6) is 0 Å². The molecule has 0 unspecified atom stereocenters. The second-order valence-electron chi connectivity index (χ2n) is 4.61. The highest BCUT2D eigenvalue weighted by molar-refractivity contribution is 5.40. The van der Waals surface area contributed by atoms with Crippen molar-refractivity contribution < 1.29 is 0 Å². The number of hydrogen-bond acceptors (Lipinski definition) is 4. The van der Waals surface area contributed by atoms with E-state index < -0.39 is 0 Å². The predicted molar refractivity (Wildman–Crippen MR) is 71.2 cm³/mol. The van der Waals surface area contributed by atoms with Crippen molar-refractivity contribution in [3.8, 4) is 0 Å². The molecule has 0 bridgehead atoms. The van der Waals surface area contributed by atoms with Gasteiger partial charge in [-0.3, -0.25) is 4.98 Å². The Morgan fingerprint density at radius 2 is 1.72 bits per heavy atom. The standard InChI is InChI=1S/C14H16N4/c15-14-13(17-6-7-18-14)12-9-16-8-11(12)10-4-2-1-3-5-10/h1-7,11-12,16H,8-9H2,(H2,15,18)/t11-,12-/m0/s1. The molecular weight excluding hydrogens is 224 g/mol. The molecule has 1 fully saturated rings. The summed E-state index contributed by atoms with van der Waals surface area (Å²) in [6, 6.07) is 10.5. The lowest BCUT2D eigenvalue weighted by Gasteiger charge is -2.19. The summed E-state index contributed by atoms with van der Waals surface area (Å²) in [7, 11) is 0. The largest absolute Gasteiger partial charge is 0.382 e. The first-order valence-corrected chi connectivity index (χ1v) is 6.18. The van der Waals surface area contributed by atoms with Gasteiger partial charge in [0.1, 0.15) is 5.82 Å². The highest BCUT2D eigenvalue weighted by atomic mass is 15.0. The molecule has 1 saturated heterocycles. The van der Waals surface area contributed by atoms with E-state index in [-0.39, 0.29) is 0 Å². The van der Waals surface area contributed by atoms with Crippen LogP contribution in [-0.4, -0.2) is 23.1 Å². The second kappa shape index (κ2) is 4.74. The number of rotatable bonds is 2. The van der Waals surface area contributed by atoms with Crippen LogP contribution >= 0.6 is 0 Å². The number of nitrogens with zero attached hydrogens (tertiary/aromatic N) is 2.